The molecule has 6 nitrogen and oxygen atoms in total. The lowest BCUT2D eigenvalue weighted by Gasteiger charge is -2.10. The zero-order chi connectivity index (χ0) is 19.8. The molecular formula is C18H14Cl2N2O4S. The highest BCUT2D eigenvalue weighted by atomic mass is 35.5. The van der Waals surface area contributed by atoms with E-state index < -0.39 is 15.7 Å². The summed E-state index contributed by atoms with van der Waals surface area (Å²) in [5, 5.41) is 3.77. The zero-order valence-corrected chi connectivity index (χ0v) is 16.6. The number of hydrogen-bond acceptors (Lipinski definition) is 5. The lowest BCUT2D eigenvalue weighted by molar-refractivity contribution is 0.485. The number of aryl methyl sites for hydroxylation is 2. The average Bonchev–Trinajstić information content (AvgIpc) is 2.59. The van der Waals surface area contributed by atoms with Crippen molar-refractivity contribution in [3.8, 4) is 11.4 Å². The van der Waals surface area contributed by atoms with Gasteiger partial charge in [-0.2, -0.15) is 18.2 Å². The van der Waals surface area contributed by atoms with E-state index in [2.05, 4.69) is 5.10 Å². The number of nitrogens with zero attached hydrogens (tertiary/aromatic N) is 2. The molecule has 0 amide bonds. The monoisotopic (exact) mass is 424 g/mol. The molecule has 3 aromatic rings. The van der Waals surface area contributed by atoms with Crippen LogP contribution in [0, 0.1) is 13.8 Å². The van der Waals surface area contributed by atoms with Crippen LogP contribution in [0.1, 0.15) is 11.1 Å². The fraction of sp³-hybridized carbons (Fsp3) is 0.111. The summed E-state index contributed by atoms with van der Waals surface area (Å²) < 4.78 is 31.2. The van der Waals surface area contributed by atoms with E-state index in [0.717, 1.165) is 15.8 Å². The van der Waals surface area contributed by atoms with Crippen LogP contribution < -0.4 is 9.74 Å². The summed E-state index contributed by atoms with van der Waals surface area (Å²) in [4.78, 5) is 12.1. The van der Waals surface area contributed by atoms with Crippen LogP contribution in [0.15, 0.2) is 58.4 Å². The molecule has 0 aliphatic rings. The maximum absolute atomic E-state index is 12.5. The molecule has 1 aromatic heterocycles. The van der Waals surface area contributed by atoms with Crippen LogP contribution in [0.3, 0.4) is 0 Å². The SMILES string of the molecule is Cc1cc(C)cc(OS(=O)(=O)c2ccc(-n3ncc(Cl)c(Cl)c3=O)cc2)c1. The molecule has 2 aromatic carbocycles. The predicted molar refractivity (Wildman–Crippen MR) is 104 cm³/mol. The summed E-state index contributed by atoms with van der Waals surface area (Å²) in [7, 11) is -4.03. The normalized spacial score (nSPS) is 11.4. The van der Waals surface area contributed by atoms with Gasteiger partial charge in [-0.05, 0) is 61.4 Å². The molecule has 140 valence electrons. The second kappa shape index (κ2) is 7.34. The summed E-state index contributed by atoms with van der Waals surface area (Å²) in [5.41, 5.74) is 1.51. The van der Waals surface area contributed by atoms with Gasteiger partial charge in [-0.25, -0.2) is 0 Å². The lowest BCUT2D eigenvalue weighted by Crippen LogP contribution is -2.21. The van der Waals surface area contributed by atoms with Gasteiger partial charge < -0.3 is 4.18 Å². The van der Waals surface area contributed by atoms with Gasteiger partial charge in [-0.15, -0.1) is 0 Å². The number of aromatic nitrogens is 2. The molecule has 0 aliphatic carbocycles. The molecule has 3 rings (SSSR count). The first-order valence-corrected chi connectivity index (χ1v) is 9.90. The second-order valence-corrected chi connectivity index (χ2v) is 8.21. The molecule has 0 bridgehead atoms. The van der Waals surface area contributed by atoms with Crippen LogP contribution in [0.25, 0.3) is 5.69 Å². The van der Waals surface area contributed by atoms with Crippen LogP contribution >= 0.6 is 23.2 Å². The van der Waals surface area contributed by atoms with Gasteiger partial charge in [-0.1, -0.05) is 29.3 Å². The highest BCUT2D eigenvalue weighted by Gasteiger charge is 2.18. The molecule has 0 fully saturated rings. The van der Waals surface area contributed by atoms with Crippen molar-refractivity contribution in [2.75, 3.05) is 0 Å². The molecule has 9 heteroatoms. The highest BCUT2D eigenvalue weighted by molar-refractivity contribution is 7.87. The largest absolute Gasteiger partial charge is 0.379 e. The van der Waals surface area contributed by atoms with Crippen molar-refractivity contribution >= 4 is 33.3 Å². The average molecular weight is 425 g/mol. The van der Waals surface area contributed by atoms with E-state index in [1.807, 2.05) is 19.9 Å². The lowest BCUT2D eigenvalue weighted by atomic mass is 10.1. The van der Waals surface area contributed by atoms with Crippen LogP contribution in [0.5, 0.6) is 5.75 Å². The van der Waals surface area contributed by atoms with Crippen molar-refractivity contribution < 1.29 is 12.6 Å². The van der Waals surface area contributed by atoms with Crippen molar-refractivity contribution in [1.29, 1.82) is 0 Å². The smallest absolute Gasteiger partial charge is 0.339 e. The summed E-state index contributed by atoms with van der Waals surface area (Å²) in [6.07, 6.45) is 1.24. The molecule has 1 heterocycles. The maximum Gasteiger partial charge on any atom is 0.339 e. The Morgan fingerprint density at radius 2 is 1.59 bits per heavy atom. The van der Waals surface area contributed by atoms with Crippen molar-refractivity contribution in [3.05, 3.63) is 80.2 Å². The predicted octanol–water partition coefficient (Wildman–Crippen LogP) is 3.92. The first kappa shape index (κ1) is 19.4. The van der Waals surface area contributed by atoms with Crippen LogP contribution in [-0.2, 0) is 10.1 Å². The highest BCUT2D eigenvalue weighted by Crippen LogP contribution is 2.22. The molecule has 0 spiro atoms. The molecule has 0 radical (unpaired) electrons. The van der Waals surface area contributed by atoms with E-state index in [-0.39, 0.29) is 20.7 Å². The Hall–Kier alpha value is -2.35. The van der Waals surface area contributed by atoms with E-state index in [4.69, 9.17) is 27.4 Å². The van der Waals surface area contributed by atoms with E-state index in [1.54, 1.807) is 12.1 Å². The molecule has 0 unspecified atom stereocenters. The van der Waals surface area contributed by atoms with Crippen molar-refractivity contribution in [2.24, 2.45) is 0 Å². The molecule has 0 aliphatic heterocycles. The van der Waals surface area contributed by atoms with Gasteiger partial charge in [0.1, 0.15) is 15.7 Å². The van der Waals surface area contributed by atoms with E-state index in [1.165, 1.54) is 30.5 Å². The third-order valence-electron chi connectivity index (χ3n) is 3.65. The van der Waals surface area contributed by atoms with Gasteiger partial charge in [0, 0.05) is 0 Å². The van der Waals surface area contributed by atoms with E-state index in [9.17, 15) is 13.2 Å². The number of benzene rings is 2. The fourth-order valence-corrected chi connectivity index (χ4v) is 3.67. The minimum atomic E-state index is -4.03. The first-order valence-electron chi connectivity index (χ1n) is 7.74. The Kier molecular flexibility index (Phi) is 5.28. The summed E-state index contributed by atoms with van der Waals surface area (Å²) >= 11 is 11.6. The topological polar surface area (TPSA) is 78.3 Å². The van der Waals surface area contributed by atoms with Gasteiger partial charge in [0.15, 0.2) is 0 Å². The molecular weight excluding hydrogens is 411 g/mol. The van der Waals surface area contributed by atoms with Gasteiger partial charge in [0.25, 0.3) is 5.56 Å². The Morgan fingerprint density at radius 1 is 1.00 bits per heavy atom. The first-order chi connectivity index (χ1) is 12.7. The van der Waals surface area contributed by atoms with Gasteiger partial charge in [0.2, 0.25) is 0 Å². The third-order valence-corrected chi connectivity index (χ3v) is 5.66. The molecule has 27 heavy (non-hydrogen) atoms. The van der Waals surface area contributed by atoms with Crippen LogP contribution in [0.4, 0.5) is 0 Å². The standard InChI is InChI=1S/C18H14Cl2N2O4S/c1-11-7-12(2)9-14(8-11)26-27(24,25)15-5-3-13(4-6-15)22-18(23)17(20)16(19)10-21-22/h3-10H,1-2H3. The minimum Gasteiger partial charge on any atom is -0.379 e. The van der Waals surface area contributed by atoms with Gasteiger partial charge in [0.05, 0.1) is 16.9 Å². The number of hydrogen-bond donors (Lipinski definition) is 0. The van der Waals surface area contributed by atoms with Crippen LogP contribution in [0.2, 0.25) is 10.0 Å². The minimum absolute atomic E-state index is 0.0407. The maximum atomic E-state index is 12.5. The van der Waals surface area contributed by atoms with Crippen LogP contribution in [-0.4, -0.2) is 18.2 Å². The Bertz CT molecular complexity index is 1150. The zero-order valence-electron chi connectivity index (χ0n) is 14.3. The molecule has 0 saturated carbocycles. The quantitative estimate of drug-likeness (QED) is 0.592. The Labute approximate surface area is 166 Å². The summed E-state index contributed by atoms with van der Waals surface area (Å²) in [6, 6.07) is 10.7. The van der Waals surface area contributed by atoms with E-state index >= 15 is 0 Å². The van der Waals surface area contributed by atoms with Crippen molar-refractivity contribution in [3.63, 3.8) is 0 Å². The van der Waals surface area contributed by atoms with Gasteiger partial charge in [-0.3, -0.25) is 4.79 Å². The van der Waals surface area contributed by atoms with Gasteiger partial charge >= 0.3 is 10.1 Å². The van der Waals surface area contributed by atoms with E-state index in [0.29, 0.717) is 5.69 Å². The fourth-order valence-electron chi connectivity index (χ4n) is 2.51. The number of rotatable bonds is 4. The Balaban J connectivity index is 1.93. The second-order valence-electron chi connectivity index (χ2n) is 5.88. The summed E-state index contributed by atoms with van der Waals surface area (Å²) in [5.74, 6) is 0.235. The third kappa shape index (κ3) is 4.16. The molecule has 0 atom stereocenters. The molecule has 0 N–H and O–H groups in total. The Morgan fingerprint density at radius 3 is 2.19 bits per heavy atom. The van der Waals surface area contributed by atoms with Crippen molar-refractivity contribution in [2.45, 2.75) is 18.7 Å². The van der Waals surface area contributed by atoms with Crippen molar-refractivity contribution in [1.82, 2.24) is 9.78 Å². The summed E-state index contributed by atoms with van der Waals surface area (Å²) in [6.45, 7) is 3.70. The molecule has 0 saturated heterocycles. The number of halogens is 2.